The topological polar surface area (TPSA) is 70.1 Å². The minimum Gasteiger partial charge on any atom is -0.497 e. The second-order valence-electron chi connectivity index (χ2n) is 4.24. The van der Waals surface area contributed by atoms with Gasteiger partial charge in [0.05, 0.1) is 7.11 Å². The largest absolute Gasteiger partial charge is 0.497 e. The highest BCUT2D eigenvalue weighted by atomic mass is 16.5. The fourth-order valence-electron chi connectivity index (χ4n) is 1.67. The number of carbonyl (C=O) groups excluding carboxylic acids is 1. The SMILES string of the molecule is COc1cccc(CN(C)C(=O)N(C)CC(=O)O)c1. The van der Waals surface area contributed by atoms with Crippen LogP contribution < -0.4 is 4.74 Å². The van der Waals surface area contributed by atoms with Crippen molar-refractivity contribution in [3.05, 3.63) is 29.8 Å². The summed E-state index contributed by atoms with van der Waals surface area (Å²) >= 11 is 0. The zero-order valence-electron chi connectivity index (χ0n) is 11.3. The van der Waals surface area contributed by atoms with E-state index in [1.165, 1.54) is 11.9 Å². The zero-order chi connectivity index (χ0) is 14.4. The number of hydrogen-bond donors (Lipinski definition) is 1. The molecule has 1 rings (SSSR count). The van der Waals surface area contributed by atoms with Crippen molar-refractivity contribution in [1.29, 1.82) is 0 Å². The van der Waals surface area contributed by atoms with Crippen molar-refractivity contribution in [3.8, 4) is 5.75 Å². The Bertz CT molecular complexity index is 462. The number of hydrogen-bond acceptors (Lipinski definition) is 3. The number of carboxylic acids is 1. The third-order valence-corrected chi connectivity index (χ3v) is 2.58. The van der Waals surface area contributed by atoms with Crippen LogP contribution in [0.4, 0.5) is 4.79 Å². The van der Waals surface area contributed by atoms with Crippen molar-refractivity contribution in [2.24, 2.45) is 0 Å². The summed E-state index contributed by atoms with van der Waals surface area (Å²) in [7, 11) is 4.66. The van der Waals surface area contributed by atoms with Gasteiger partial charge in [0.15, 0.2) is 0 Å². The Labute approximate surface area is 112 Å². The lowest BCUT2D eigenvalue weighted by molar-refractivity contribution is -0.137. The summed E-state index contributed by atoms with van der Waals surface area (Å²) in [6, 6.07) is 7.03. The van der Waals surface area contributed by atoms with Gasteiger partial charge in [0.25, 0.3) is 0 Å². The van der Waals surface area contributed by atoms with Crippen LogP contribution >= 0.6 is 0 Å². The third-order valence-electron chi connectivity index (χ3n) is 2.58. The lowest BCUT2D eigenvalue weighted by Gasteiger charge is -2.23. The van der Waals surface area contributed by atoms with Crippen molar-refractivity contribution in [3.63, 3.8) is 0 Å². The summed E-state index contributed by atoms with van der Waals surface area (Å²) in [4.78, 5) is 25.1. The van der Waals surface area contributed by atoms with Gasteiger partial charge in [-0.25, -0.2) is 4.79 Å². The maximum absolute atomic E-state index is 11.9. The number of amides is 2. The molecule has 19 heavy (non-hydrogen) atoms. The van der Waals surface area contributed by atoms with Crippen LogP contribution in [0.15, 0.2) is 24.3 Å². The highest BCUT2D eigenvalue weighted by Gasteiger charge is 2.16. The summed E-state index contributed by atoms with van der Waals surface area (Å²) in [6.45, 7) is 0.0707. The van der Waals surface area contributed by atoms with E-state index in [2.05, 4.69) is 0 Å². The van der Waals surface area contributed by atoms with Crippen LogP contribution in [0.25, 0.3) is 0 Å². The van der Waals surface area contributed by atoms with E-state index in [1.807, 2.05) is 24.3 Å². The van der Waals surface area contributed by atoms with Gasteiger partial charge in [-0.2, -0.15) is 0 Å². The molecule has 0 aliphatic heterocycles. The van der Waals surface area contributed by atoms with E-state index in [0.29, 0.717) is 6.54 Å². The fraction of sp³-hybridized carbons (Fsp3) is 0.385. The van der Waals surface area contributed by atoms with Crippen molar-refractivity contribution < 1.29 is 19.4 Å². The second kappa shape index (κ2) is 6.63. The number of ether oxygens (including phenoxy) is 1. The van der Waals surface area contributed by atoms with Crippen LogP contribution in [0.3, 0.4) is 0 Å². The molecule has 1 aromatic rings. The summed E-state index contributed by atoms with van der Waals surface area (Å²) in [5, 5.41) is 8.64. The highest BCUT2D eigenvalue weighted by molar-refractivity contribution is 5.79. The molecule has 0 spiro atoms. The minimum atomic E-state index is -1.04. The first-order chi connectivity index (χ1) is 8.93. The zero-order valence-corrected chi connectivity index (χ0v) is 11.3. The van der Waals surface area contributed by atoms with Crippen molar-refractivity contribution in [2.45, 2.75) is 6.54 Å². The molecule has 2 amide bonds. The van der Waals surface area contributed by atoms with Gasteiger partial charge >= 0.3 is 12.0 Å². The number of nitrogens with zero attached hydrogens (tertiary/aromatic N) is 2. The van der Waals surface area contributed by atoms with Gasteiger partial charge in [0.2, 0.25) is 0 Å². The molecule has 0 aromatic heterocycles. The lowest BCUT2D eigenvalue weighted by Crippen LogP contribution is -2.40. The fourth-order valence-corrected chi connectivity index (χ4v) is 1.67. The maximum Gasteiger partial charge on any atom is 0.323 e. The van der Waals surface area contributed by atoms with Gasteiger partial charge in [-0.1, -0.05) is 12.1 Å². The number of urea groups is 1. The molecule has 0 aliphatic carbocycles. The molecule has 0 unspecified atom stereocenters. The van der Waals surface area contributed by atoms with E-state index in [-0.39, 0.29) is 12.6 Å². The Morgan fingerprint density at radius 3 is 2.53 bits per heavy atom. The number of benzene rings is 1. The molecule has 0 heterocycles. The van der Waals surface area contributed by atoms with E-state index in [0.717, 1.165) is 16.2 Å². The predicted octanol–water partition coefficient (Wildman–Crippen LogP) is 1.26. The Balaban J connectivity index is 2.65. The monoisotopic (exact) mass is 266 g/mol. The van der Waals surface area contributed by atoms with E-state index in [1.54, 1.807) is 14.2 Å². The molecule has 0 atom stereocenters. The molecule has 0 saturated heterocycles. The third kappa shape index (κ3) is 4.50. The standard InChI is InChI=1S/C13H18N2O4/c1-14(13(18)15(2)9-12(16)17)8-10-5-4-6-11(7-10)19-3/h4-7H,8-9H2,1-3H3,(H,16,17). The Kier molecular flexibility index (Phi) is 5.17. The molecule has 0 saturated carbocycles. The average Bonchev–Trinajstić information content (AvgIpc) is 2.37. The molecule has 1 aromatic carbocycles. The number of carbonyl (C=O) groups is 2. The predicted molar refractivity (Wildman–Crippen MR) is 70.1 cm³/mol. The lowest BCUT2D eigenvalue weighted by atomic mass is 10.2. The van der Waals surface area contributed by atoms with Crippen LogP contribution in [0.2, 0.25) is 0 Å². The van der Waals surface area contributed by atoms with Crippen molar-refractivity contribution >= 4 is 12.0 Å². The van der Waals surface area contributed by atoms with Gasteiger partial charge in [0, 0.05) is 20.6 Å². The number of methoxy groups -OCH3 is 1. The summed E-state index contributed by atoms with van der Waals surface area (Å²) < 4.78 is 5.11. The molecule has 6 nitrogen and oxygen atoms in total. The molecule has 1 N–H and O–H groups in total. The molecule has 0 bridgehead atoms. The normalized spacial score (nSPS) is 9.84. The minimum absolute atomic E-state index is 0.318. The summed E-state index contributed by atoms with van der Waals surface area (Å²) in [5.74, 6) is -0.317. The Hall–Kier alpha value is -2.24. The molecular formula is C13H18N2O4. The second-order valence-corrected chi connectivity index (χ2v) is 4.24. The van der Waals surface area contributed by atoms with Crippen LogP contribution in [-0.2, 0) is 11.3 Å². The van der Waals surface area contributed by atoms with Gasteiger partial charge in [-0.05, 0) is 17.7 Å². The Morgan fingerprint density at radius 1 is 1.26 bits per heavy atom. The number of rotatable bonds is 5. The molecule has 0 aliphatic rings. The average molecular weight is 266 g/mol. The summed E-state index contributed by atoms with van der Waals surface area (Å²) in [6.07, 6.45) is 0. The van der Waals surface area contributed by atoms with E-state index in [9.17, 15) is 9.59 Å². The molecule has 6 heteroatoms. The first-order valence-corrected chi connectivity index (χ1v) is 5.75. The smallest absolute Gasteiger partial charge is 0.323 e. The van der Waals surface area contributed by atoms with Crippen LogP contribution in [0.5, 0.6) is 5.75 Å². The van der Waals surface area contributed by atoms with E-state index < -0.39 is 5.97 Å². The first-order valence-electron chi connectivity index (χ1n) is 5.75. The Morgan fingerprint density at radius 2 is 1.95 bits per heavy atom. The number of likely N-dealkylation sites (N-methyl/N-ethyl adjacent to an activating group) is 1. The van der Waals surface area contributed by atoms with E-state index in [4.69, 9.17) is 9.84 Å². The van der Waals surface area contributed by atoms with Crippen LogP contribution in [-0.4, -0.2) is 54.7 Å². The van der Waals surface area contributed by atoms with Gasteiger partial charge < -0.3 is 19.6 Å². The van der Waals surface area contributed by atoms with Gasteiger partial charge in [-0.3, -0.25) is 4.79 Å². The maximum atomic E-state index is 11.9. The molecule has 0 radical (unpaired) electrons. The van der Waals surface area contributed by atoms with Crippen molar-refractivity contribution in [1.82, 2.24) is 9.80 Å². The van der Waals surface area contributed by atoms with Crippen LogP contribution in [0.1, 0.15) is 5.56 Å². The number of aliphatic carboxylic acids is 1. The van der Waals surface area contributed by atoms with E-state index >= 15 is 0 Å². The first kappa shape index (κ1) is 14.8. The summed E-state index contributed by atoms with van der Waals surface area (Å²) in [5.41, 5.74) is 0.916. The van der Waals surface area contributed by atoms with Gasteiger partial charge in [-0.15, -0.1) is 0 Å². The highest BCUT2D eigenvalue weighted by Crippen LogP contribution is 2.14. The molecule has 104 valence electrons. The molecular weight excluding hydrogens is 248 g/mol. The van der Waals surface area contributed by atoms with Gasteiger partial charge in [0.1, 0.15) is 12.3 Å². The van der Waals surface area contributed by atoms with Crippen LogP contribution in [0, 0.1) is 0 Å². The number of carboxylic acid groups (broad SMARTS) is 1. The molecule has 0 fully saturated rings. The van der Waals surface area contributed by atoms with Crippen molar-refractivity contribution in [2.75, 3.05) is 27.7 Å². The quantitative estimate of drug-likeness (QED) is 0.871.